The van der Waals surface area contributed by atoms with Crippen LogP contribution in [0.25, 0.3) is 0 Å². The van der Waals surface area contributed by atoms with E-state index >= 15 is 0 Å². The molecule has 6 heteroatoms. The van der Waals surface area contributed by atoms with Crippen LogP contribution in [0.1, 0.15) is 31.2 Å². The van der Waals surface area contributed by atoms with E-state index in [2.05, 4.69) is 10.6 Å². The Labute approximate surface area is 122 Å². The van der Waals surface area contributed by atoms with Crippen molar-refractivity contribution in [3.05, 3.63) is 27.8 Å². The number of rotatable bonds is 5. The normalized spacial score (nSPS) is 20.3. The Kier molecular flexibility index (Phi) is 2.67. The van der Waals surface area contributed by atoms with Gasteiger partial charge in [0.25, 0.3) is 5.69 Å². The molecule has 1 amide bonds. The third-order valence-electron chi connectivity index (χ3n) is 4.63. The monoisotopic (exact) mass is 287 g/mol. The Hall–Kier alpha value is -2.11. The van der Waals surface area contributed by atoms with Gasteiger partial charge in [-0.25, -0.2) is 0 Å². The van der Waals surface area contributed by atoms with Gasteiger partial charge in [-0.1, -0.05) is 0 Å². The summed E-state index contributed by atoms with van der Waals surface area (Å²) in [5.74, 6) is 1.21. The summed E-state index contributed by atoms with van der Waals surface area (Å²) >= 11 is 0. The summed E-state index contributed by atoms with van der Waals surface area (Å²) in [6, 6.07) is 3.61. The summed E-state index contributed by atoms with van der Waals surface area (Å²) in [5, 5.41) is 17.5. The van der Waals surface area contributed by atoms with Gasteiger partial charge in [0.15, 0.2) is 0 Å². The molecule has 2 fully saturated rings. The van der Waals surface area contributed by atoms with Gasteiger partial charge in [-0.3, -0.25) is 14.9 Å². The van der Waals surface area contributed by atoms with Crippen LogP contribution in [0.4, 0.5) is 17.1 Å². The van der Waals surface area contributed by atoms with Gasteiger partial charge < -0.3 is 10.6 Å². The molecule has 2 saturated carbocycles. The molecule has 1 aromatic rings. The van der Waals surface area contributed by atoms with E-state index in [-0.39, 0.29) is 22.9 Å². The highest BCUT2D eigenvalue weighted by Gasteiger charge is 2.42. The minimum Gasteiger partial charge on any atom is -0.376 e. The number of anilines is 2. The number of nitro benzene ring substituents is 1. The average molecular weight is 287 g/mol. The van der Waals surface area contributed by atoms with Crippen molar-refractivity contribution in [2.45, 2.75) is 38.1 Å². The Bertz CT molecular complexity index is 623. The molecule has 6 nitrogen and oxygen atoms in total. The lowest BCUT2D eigenvalue weighted by Gasteiger charge is -2.19. The van der Waals surface area contributed by atoms with Crippen LogP contribution in [-0.2, 0) is 11.2 Å². The van der Waals surface area contributed by atoms with Gasteiger partial charge in [0.05, 0.1) is 11.3 Å². The minimum atomic E-state index is -0.359. The SMILES string of the molecule is O=C1Cc2cc([N+](=O)[O-])c(NC(C3CC3)C3CC3)cc2N1. The molecule has 1 heterocycles. The van der Waals surface area contributed by atoms with E-state index in [0.29, 0.717) is 34.8 Å². The second kappa shape index (κ2) is 4.44. The molecule has 0 atom stereocenters. The van der Waals surface area contributed by atoms with Crippen LogP contribution in [0.5, 0.6) is 0 Å². The summed E-state index contributed by atoms with van der Waals surface area (Å²) in [4.78, 5) is 22.4. The number of nitrogens with zero attached hydrogens (tertiary/aromatic N) is 1. The fraction of sp³-hybridized carbons (Fsp3) is 0.533. The lowest BCUT2D eigenvalue weighted by atomic mass is 10.1. The number of carbonyl (C=O) groups is 1. The van der Waals surface area contributed by atoms with Gasteiger partial charge in [-0.05, 0) is 49.1 Å². The van der Waals surface area contributed by atoms with Crippen LogP contribution >= 0.6 is 0 Å². The molecule has 2 aliphatic carbocycles. The van der Waals surface area contributed by atoms with Crippen LogP contribution in [0.2, 0.25) is 0 Å². The Balaban J connectivity index is 1.68. The average Bonchev–Trinajstić information content (AvgIpc) is 3.32. The van der Waals surface area contributed by atoms with E-state index < -0.39 is 0 Å². The van der Waals surface area contributed by atoms with Crippen LogP contribution in [0, 0.1) is 22.0 Å². The minimum absolute atomic E-state index is 0.0801. The van der Waals surface area contributed by atoms with Gasteiger partial charge in [0, 0.05) is 17.8 Å². The number of benzene rings is 1. The maximum atomic E-state index is 11.4. The first-order valence-electron chi connectivity index (χ1n) is 7.49. The zero-order valence-corrected chi connectivity index (χ0v) is 11.6. The zero-order chi connectivity index (χ0) is 14.6. The van der Waals surface area contributed by atoms with Crippen molar-refractivity contribution in [1.82, 2.24) is 0 Å². The molecule has 0 spiro atoms. The van der Waals surface area contributed by atoms with E-state index in [1.54, 1.807) is 6.07 Å². The first-order chi connectivity index (χ1) is 10.1. The highest BCUT2D eigenvalue weighted by molar-refractivity contribution is 6.00. The van der Waals surface area contributed by atoms with Gasteiger partial charge in [-0.2, -0.15) is 0 Å². The largest absolute Gasteiger partial charge is 0.376 e. The van der Waals surface area contributed by atoms with Crippen molar-refractivity contribution in [2.75, 3.05) is 10.6 Å². The molecule has 2 N–H and O–H groups in total. The molecule has 1 aromatic carbocycles. The fourth-order valence-corrected chi connectivity index (χ4v) is 3.24. The lowest BCUT2D eigenvalue weighted by Crippen LogP contribution is -2.24. The first-order valence-corrected chi connectivity index (χ1v) is 7.49. The van der Waals surface area contributed by atoms with Gasteiger partial charge in [0.1, 0.15) is 5.69 Å². The molecule has 0 aromatic heterocycles. The summed E-state index contributed by atoms with van der Waals surface area (Å²) in [5.41, 5.74) is 2.05. The Morgan fingerprint density at radius 3 is 2.48 bits per heavy atom. The van der Waals surface area contributed by atoms with E-state index in [4.69, 9.17) is 0 Å². The molecular weight excluding hydrogens is 270 g/mol. The van der Waals surface area contributed by atoms with Crippen molar-refractivity contribution in [3.63, 3.8) is 0 Å². The van der Waals surface area contributed by atoms with Crippen molar-refractivity contribution in [2.24, 2.45) is 11.8 Å². The van der Waals surface area contributed by atoms with E-state index in [0.717, 1.165) is 0 Å². The second-order valence-corrected chi connectivity index (χ2v) is 6.35. The molecule has 0 saturated heterocycles. The fourth-order valence-electron chi connectivity index (χ4n) is 3.24. The Morgan fingerprint density at radius 2 is 1.90 bits per heavy atom. The molecule has 3 aliphatic rings. The summed E-state index contributed by atoms with van der Waals surface area (Å²) in [6.07, 6.45) is 5.08. The maximum absolute atomic E-state index is 11.4. The number of hydrogen-bond donors (Lipinski definition) is 2. The van der Waals surface area contributed by atoms with Crippen LogP contribution in [-0.4, -0.2) is 16.9 Å². The van der Waals surface area contributed by atoms with Crippen molar-refractivity contribution in [3.8, 4) is 0 Å². The molecule has 0 unspecified atom stereocenters. The molecule has 4 rings (SSSR count). The van der Waals surface area contributed by atoms with Crippen molar-refractivity contribution >= 4 is 23.0 Å². The van der Waals surface area contributed by atoms with Crippen LogP contribution < -0.4 is 10.6 Å². The standard InChI is InChI=1S/C15H17N3O3/c19-14-6-10-5-13(18(20)21)12(7-11(10)16-14)17-15(8-1-2-8)9-3-4-9/h5,7-9,15,17H,1-4,6H2,(H,16,19). The molecule has 21 heavy (non-hydrogen) atoms. The van der Waals surface area contributed by atoms with Crippen LogP contribution in [0.3, 0.4) is 0 Å². The van der Waals surface area contributed by atoms with Crippen molar-refractivity contribution < 1.29 is 9.72 Å². The third kappa shape index (κ3) is 2.34. The predicted octanol–water partition coefficient (Wildman–Crippen LogP) is 2.69. The van der Waals surface area contributed by atoms with Crippen molar-refractivity contribution in [1.29, 1.82) is 0 Å². The summed E-state index contributed by atoms with van der Waals surface area (Å²) in [7, 11) is 0. The molecule has 0 bridgehead atoms. The first kappa shape index (κ1) is 12.6. The molecule has 0 radical (unpaired) electrons. The van der Waals surface area contributed by atoms with Gasteiger partial charge >= 0.3 is 0 Å². The summed E-state index contributed by atoms with van der Waals surface area (Å²) in [6.45, 7) is 0. The predicted molar refractivity (Wildman–Crippen MR) is 78.3 cm³/mol. The second-order valence-electron chi connectivity index (χ2n) is 6.35. The number of nitro groups is 1. The van der Waals surface area contributed by atoms with Gasteiger partial charge in [-0.15, -0.1) is 0 Å². The number of carbonyl (C=O) groups excluding carboxylic acids is 1. The highest BCUT2D eigenvalue weighted by atomic mass is 16.6. The number of hydrogen-bond acceptors (Lipinski definition) is 4. The van der Waals surface area contributed by atoms with E-state index in [1.165, 1.54) is 31.7 Å². The maximum Gasteiger partial charge on any atom is 0.292 e. The van der Waals surface area contributed by atoms with Crippen LogP contribution in [0.15, 0.2) is 12.1 Å². The number of amides is 1. The highest BCUT2D eigenvalue weighted by Crippen LogP contribution is 2.47. The molecule has 110 valence electrons. The topological polar surface area (TPSA) is 84.3 Å². The summed E-state index contributed by atoms with van der Waals surface area (Å²) < 4.78 is 0. The third-order valence-corrected chi connectivity index (χ3v) is 4.63. The number of fused-ring (bicyclic) bond motifs is 1. The van der Waals surface area contributed by atoms with E-state index in [9.17, 15) is 14.9 Å². The van der Waals surface area contributed by atoms with Gasteiger partial charge in [0.2, 0.25) is 5.91 Å². The molecular formula is C15H17N3O3. The molecule has 1 aliphatic heterocycles. The quantitative estimate of drug-likeness (QED) is 0.644. The lowest BCUT2D eigenvalue weighted by molar-refractivity contribution is -0.384. The Morgan fingerprint density at radius 1 is 1.24 bits per heavy atom. The van der Waals surface area contributed by atoms with E-state index in [1.807, 2.05) is 0 Å². The zero-order valence-electron chi connectivity index (χ0n) is 11.6. The number of nitrogens with one attached hydrogen (secondary N) is 2. The smallest absolute Gasteiger partial charge is 0.292 e.